The van der Waals surface area contributed by atoms with Gasteiger partial charge in [0.15, 0.2) is 17.3 Å². The van der Waals surface area contributed by atoms with Gasteiger partial charge < -0.3 is 24.3 Å². The lowest BCUT2D eigenvalue weighted by Crippen LogP contribution is -1.98. The summed E-state index contributed by atoms with van der Waals surface area (Å²) in [6.45, 7) is 0. The molecule has 0 fully saturated rings. The Bertz CT molecular complexity index is 1010. The zero-order valence-corrected chi connectivity index (χ0v) is 17.0. The molecule has 0 aromatic heterocycles. The first-order chi connectivity index (χ1) is 14.6. The van der Waals surface area contributed by atoms with Gasteiger partial charge in [0.05, 0.1) is 21.3 Å². The second kappa shape index (κ2) is 10.0. The number of rotatable bonds is 9. The second-order valence-electron chi connectivity index (χ2n) is 6.21. The molecule has 0 bridgehead atoms. The van der Waals surface area contributed by atoms with E-state index in [2.05, 4.69) is 5.32 Å². The summed E-state index contributed by atoms with van der Waals surface area (Å²) in [6.07, 6.45) is 3.06. The number of methoxy groups -OCH3 is 3. The van der Waals surface area contributed by atoms with Crippen molar-refractivity contribution in [2.45, 2.75) is 0 Å². The number of benzene rings is 3. The third-order valence-corrected chi connectivity index (χ3v) is 4.30. The van der Waals surface area contributed by atoms with E-state index in [4.69, 9.17) is 18.9 Å². The zero-order chi connectivity index (χ0) is 21.3. The van der Waals surface area contributed by atoms with Gasteiger partial charge in [-0.3, -0.25) is 4.79 Å². The van der Waals surface area contributed by atoms with Crippen LogP contribution in [-0.4, -0.2) is 27.1 Å². The number of ketones is 1. The van der Waals surface area contributed by atoms with E-state index in [-0.39, 0.29) is 5.78 Å². The molecule has 0 aliphatic rings. The van der Waals surface area contributed by atoms with Crippen molar-refractivity contribution in [2.24, 2.45) is 0 Å². The van der Waals surface area contributed by atoms with E-state index in [1.54, 1.807) is 38.6 Å². The number of carbonyl (C=O) groups excluding carboxylic acids is 1. The molecule has 3 aromatic rings. The van der Waals surface area contributed by atoms with Gasteiger partial charge in [-0.1, -0.05) is 0 Å². The van der Waals surface area contributed by atoms with E-state index in [1.807, 2.05) is 48.5 Å². The topological polar surface area (TPSA) is 66.0 Å². The molecule has 0 amide bonds. The van der Waals surface area contributed by atoms with Crippen LogP contribution < -0.4 is 24.3 Å². The molecule has 0 saturated carbocycles. The van der Waals surface area contributed by atoms with Crippen LogP contribution in [0.3, 0.4) is 0 Å². The summed E-state index contributed by atoms with van der Waals surface area (Å²) in [7, 11) is 4.71. The molecule has 0 atom stereocenters. The molecule has 0 aliphatic carbocycles. The molecular weight excluding hydrogens is 382 g/mol. The third-order valence-electron chi connectivity index (χ3n) is 4.30. The Morgan fingerprint density at radius 1 is 0.733 bits per heavy atom. The molecule has 0 spiro atoms. The molecule has 0 saturated heterocycles. The lowest BCUT2D eigenvalue weighted by molar-refractivity contribution is 0.104. The van der Waals surface area contributed by atoms with Crippen LogP contribution in [0, 0.1) is 0 Å². The largest absolute Gasteiger partial charge is 0.497 e. The lowest BCUT2D eigenvalue weighted by Gasteiger charge is -2.08. The molecule has 3 aromatic carbocycles. The number of carbonyl (C=O) groups is 1. The fourth-order valence-corrected chi connectivity index (χ4v) is 2.70. The molecule has 30 heavy (non-hydrogen) atoms. The summed E-state index contributed by atoms with van der Waals surface area (Å²) < 4.78 is 21.3. The maximum absolute atomic E-state index is 12.4. The molecule has 0 aliphatic heterocycles. The summed E-state index contributed by atoms with van der Waals surface area (Å²) in [5.74, 6) is 3.14. The number of hydrogen-bond donors (Lipinski definition) is 1. The third kappa shape index (κ3) is 5.32. The molecule has 3 rings (SSSR count). The predicted molar refractivity (Wildman–Crippen MR) is 116 cm³/mol. The van der Waals surface area contributed by atoms with Gasteiger partial charge in [0.2, 0.25) is 0 Å². The summed E-state index contributed by atoms with van der Waals surface area (Å²) in [5.41, 5.74) is 1.34. The highest BCUT2D eigenvalue weighted by Crippen LogP contribution is 2.28. The zero-order valence-electron chi connectivity index (χ0n) is 17.0. The summed E-state index contributed by atoms with van der Waals surface area (Å²) >= 11 is 0. The lowest BCUT2D eigenvalue weighted by atomic mass is 10.1. The van der Waals surface area contributed by atoms with Gasteiger partial charge >= 0.3 is 0 Å². The second-order valence-corrected chi connectivity index (χ2v) is 6.21. The van der Waals surface area contributed by atoms with Crippen molar-refractivity contribution in [1.29, 1.82) is 0 Å². The Labute approximate surface area is 175 Å². The van der Waals surface area contributed by atoms with Gasteiger partial charge in [-0.15, -0.1) is 0 Å². The number of anilines is 1. The SMILES string of the molecule is COc1ccc(Oc2ccc(N/C=C/C(=O)c3ccc(OC)c(OC)c3)cc2)cc1. The molecule has 0 unspecified atom stereocenters. The highest BCUT2D eigenvalue weighted by atomic mass is 16.5. The van der Waals surface area contributed by atoms with Crippen molar-refractivity contribution in [3.63, 3.8) is 0 Å². The average Bonchev–Trinajstić information content (AvgIpc) is 2.80. The van der Waals surface area contributed by atoms with Crippen LogP contribution in [0.5, 0.6) is 28.7 Å². The number of nitrogens with one attached hydrogen (secondary N) is 1. The van der Waals surface area contributed by atoms with Crippen LogP contribution in [0.25, 0.3) is 0 Å². The molecule has 6 heteroatoms. The van der Waals surface area contributed by atoms with Crippen molar-refractivity contribution in [2.75, 3.05) is 26.6 Å². The Morgan fingerprint density at radius 2 is 1.33 bits per heavy atom. The number of hydrogen-bond acceptors (Lipinski definition) is 6. The van der Waals surface area contributed by atoms with Gasteiger partial charge in [-0.25, -0.2) is 0 Å². The number of allylic oxidation sites excluding steroid dienone is 1. The van der Waals surface area contributed by atoms with E-state index in [1.165, 1.54) is 13.2 Å². The molecule has 6 nitrogen and oxygen atoms in total. The smallest absolute Gasteiger partial charge is 0.187 e. The van der Waals surface area contributed by atoms with Gasteiger partial charge in [0, 0.05) is 23.5 Å². The van der Waals surface area contributed by atoms with Gasteiger partial charge in [-0.2, -0.15) is 0 Å². The molecule has 0 radical (unpaired) electrons. The van der Waals surface area contributed by atoms with Gasteiger partial charge in [-0.05, 0) is 66.7 Å². The van der Waals surface area contributed by atoms with Crippen LogP contribution in [0.4, 0.5) is 5.69 Å². The molecule has 1 N–H and O–H groups in total. The Hall–Kier alpha value is -3.93. The Balaban J connectivity index is 1.57. The van der Waals surface area contributed by atoms with Crippen LogP contribution in [0.1, 0.15) is 10.4 Å². The minimum absolute atomic E-state index is 0.150. The van der Waals surface area contributed by atoms with Crippen molar-refractivity contribution in [3.05, 3.63) is 84.6 Å². The first-order valence-electron chi connectivity index (χ1n) is 9.24. The number of ether oxygens (including phenoxy) is 4. The van der Waals surface area contributed by atoms with E-state index >= 15 is 0 Å². The highest BCUT2D eigenvalue weighted by molar-refractivity contribution is 6.05. The highest BCUT2D eigenvalue weighted by Gasteiger charge is 2.08. The van der Waals surface area contributed by atoms with Crippen molar-refractivity contribution in [3.8, 4) is 28.7 Å². The maximum atomic E-state index is 12.4. The predicted octanol–water partition coefficient (Wildman–Crippen LogP) is 5.31. The van der Waals surface area contributed by atoms with E-state index in [0.717, 1.165) is 17.2 Å². The molecular formula is C24H23NO5. The van der Waals surface area contributed by atoms with E-state index in [0.29, 0.717) is 22.8 Å². The normalized spacial score (nSPS) is 10.5. The van der Waals surface area contributed by atoms with Crippen LogP contribution >= 0.6 is 0 Å². The van der Waals surface area contributed by atoms with Crippen LogP contribution in [-0.2, 0) is 0 Å². The Kier molecular flexibility index (Phi) is 6.95. The molecule has 154 valence electrons. The fraction of sp³-hybridized carbons (Fsp3) is 0.125. The van der Waals surface area contributed by atoms with Crippen molar-refractivity contribution >= 4 is 11.5 Å². The monoisotopic (exact) mass is 405 g/mol. The first-order valence-corrected chi connectivity index (χ1v) is 9.24. The standard InChI is InChI=1S/C24H23NO5/c1-27-19-9-11-21(12-10-19)30-20-7-5-18(6-8-20)25-15-14-22(26)17-4-13-23(28-2)24(16-17)29-3/h4-16,25H,1-3H3/b15-14+. The first kappa shape index (κ1) is 20.8. The van der Waals surface area contributed by atoms with Crippen molar-refractivity contribution < 1.29 is 23.7 Å². The minimum atomic E-state index is -0.150. The quantitative estimate of drug-likeness (QED) is 0.384. The minimum Gasteiger partial charge on any atom is -0.497 e. The van der Waals surface area contributed by atoms with Gasteiger partial charge in [0.25, 0.3) is 0 Å². The van der Waals surface area contributed by atoms with E-state index < -0.39 is 0 Å². The van der Waals surface area contributed by atoms with E-state index in [9.17, 15) is 4.79 Å². The average molecular weight is 405 g/mol. The van der Waals surface area contributed by atoms with Crippen molar-refractivity contribution in [1.82, 2.24) is 0 Å². The van der Waals surface area contributed by atoms with Gasteiger partial charge in [0.1, 0.15) is 17.2 Å². The molecule has 0 heterocycles. The summed E-state index contributed by atoms with van der Waals surface area (Å²) in [4.78, 5) is 12.4. The van der Waals surface area contributed by atoms with Crippen LogP contribution in [0.2, 0.25) is 0 Å². The maximum Gasteiger partial charge on any atom is 0.187 e. The fourth-order valence-electron chi connectivity index (χ4n) is 2.70. The summed E-state index contributed by atoms with van der Waals surface area (Å²) in [6, 6.07) is 19.8. The van der Waals surface area contributed by atoms with Crippen LogP contribution in [0.15, 0.2) is 79.0 Å². The Morgan fingerprint density at radius 3 is 1.93 bits per heavy atom. The summed E-state index contributed by atoms with van der Waals surface area (Å²) in [5, 5.41) is 3.07.